The van der Waals surface area contributed by atoms with E-state index in [1.165, 1.54) is 23.5 Å². The number of guanidine groups is 1. The number of rotatable bonds is 14. The molecular weight excluding hydrogens is 556 g/mol. The zero-order valence-electron chi connectivity index (χ0n) is 22.4. The average molecular weight is 587 g/mol. The maximum Gasteiger partial charge on any atom is 0.241 e. The number of nitrogens with one attached hydrogen (secondary N) is 4. The summed E-state index contributed by atoms with van der Waals surface area (Å²) in [4.78, 5) is 30.8. The van der Waals surface area contributed by atoms with Gasteiger partial charge in [0.15, 0.2) is 0 Å². The van der Waals surface area contributed by atoms with Crippen LogP contribution >= 0.6 is 11.3 Å². The first kappa shape index (κ1) is 32.7. The molecule has 0 radical (unpaired) electrons. The summed E-state index contributed by atoms with van der Waals surface area (Å²) in [5.41, 5.74) is -0.869. The van der Waals surface area contributed by atoms with E-state index >= 15 is 0 Å². The Hall–Kier alpha value is -3.49. The van der Waals surface area contributed by atoms with E-state index in [9.17, 15) is 27.4 Å². The molecule has 0 aliphatic carbocycles. The molecule has 0 aliphatic rings. The van der Waals surface area contributed by atoms with Crippen LogP contribution in [0.3, 0.4) is 0 Å². The summed E-state index contributed by atoms with van der Waals surface area (Å²) >= 11 is 1.18. The van der Waals surface area contributed by atoms with Crippen LogP contribution in [0.5, 0.6) is 0 Å². The van der Waals surface area contributed by atoms with E-state index < -0.39 is 33.5 Å². The van der Waals surface area contributed by atoms with Crippen molar-refractivity contribution in [2.45, 2.75) is 37.3 Å². The first-order valence-electron chi connectivity index (χ1n) is 12.2. The number of benzene rings is 1. The minimum atomic E-state index is -4.06. The van der Waals surface area contributed by atoms with Crippen molar-refractivity contribution in [3.8, 4) is 0 Å². The van der Waals surface area contributed by atoms with Crippen molar-refractivity contribution in [1.29, 1.82) is 0 Å². The molecule has 0 fully saturated rings. The van der Waals surface area contributed by atoms with Crippen molar-refractivity contribution in [3.63, 3.8) is 0 Å². The minimum Gasteiger partial charge on any atom is -0.207 e. The fourth-order valence-corrected chi connectivity index (χ4v) is 5.07. The summed E-state index contributed by atoms with van der Waals surface area (Å²) in [6.07, 6.45) is 3.57. The summed E-state index contributed by atoms with van der Waals surface area (Å²) in [5, 5.41) is 8.08. The Morgan fingerprint density at radius 3 is 2.27 bits per heavy atom. The summed E-state index contributed by atoms with van der Waals surface area (Å²) in [5.74, 6) is -1.02. The smallest absolute Gasteiger partial charge is 0.207 e. The Labute approximate surface area is 238 Å². The van der Waals surface area contributed by atoms with Crippen molar-refractivity contribution in [1.82, 2.24) is 20.7 Å². The van der Waals surface area contributed by atoms with Gasteiger partial charge in [-0.2, -0.15) is 4.72 Å². The molecule has 0 bridgehead atoms. The Morgan fingerprint density at radius 2 is 1.68 bits per heavy atom. The van der Waals surface area contributed by atoms with Crippen molar-refractivity contribution in [3.05, 3.63) is 58.3 Å². The topological polar surface area (TPSA) is 172 Å². The zero-order valence-corrected chi connectivity index (χ0v) is 24.0. The van der Waals surface area contributed by atoms with Gasteiger partial charge in [-0.25, -0.2) is 8.42 Å². The number of ether oxygens (including phenoxy) is 1. The molecule has 40 heavy (non-hydrogen) atoms. The standard InChI is InChI=1S/C24H31B2N5O7S2/c1-24(2,3)38-22(33)19(31-40(36,37)18-9-5-4-6-10-18)14-28-21(32)20-12-11-17(39-20)8-7-13-27-23(29-15-25-34)30-16-26-35/h4-12,19,31H,13-16H2,1-3H3,(H,28,32)(H2,27,29,30). The van der Waals surface area contributed by atoms with Gasteiger partial charge in [0.1, 0.15) is 11.6 Å². The van der Waals surface area contributed by atoms with Crippen LogP contribution in [0.15, 0.2) is 58.4 Å². The predicted molar refractivity (Wildman–Crippen MR) is 153 cm³/mol. The largest absolute Gasteiger partial charge is 0.241 e. The van der Waals surface area contributed by atoms with Crippen LogP contribution in [0, 0.1) is 0 Å². The van der Waals surface area contributed by atoms with Crippen LogP contribution in [0.4, 0.5) is 0 Å². The van der Waals surface area contributed by atoms with Gasteiger partial charge in [-0.3, -0.25) is 4.79 Å². The van der Waals surface area contributed by atoms with E-state index in [4.69, 9.17) is 4.74 Å². The first-order chi connectivity index (χ1) is 18.9. The van der Waals surface area contributed by atoms with Crippen LogP contribution in [0.1, 0.15) is 35.3 Å². The van der Waals surface area contributed by atoms with Crippen LogP contribution in [0.25, 0.3) is 6.08 Å². The van der Waals surface area contributed by atoms with Crippen molar-refractivity contribution in [2.75, 3.05) is 26.0 Å². The van der Waals surface area contributed by atoms with Gasteiger partial charge in [0.2, 0.25) is 10.0 Å². The second-order valence-corrected chi connectivity index (χ2v) is 11.9. The number of hydrogen-bond acceptors (Lipinski definition) is 9. The molecule has 16 heteroatoms. The molecule has 4 N–H and O–H groups in total. The van der Waals surface area contributed by atoms with E-state index in [1.807, 2.05) is 0 Å². The summed E-state index contributed by atoms with van der Waals surface area (Å²) < 4.78 is 54.4. The molecule has 1 aromatic carbocycles. The molecule has 0 aliphatic heterocycles. The van der Waals surface area contributed by atoms with Crippen LogP contribution in [0.2, 0.25) is 0 Å². The molecular formula is C24H31B2N5O7S2. The third-order valence-corrected chi connectivity index (χ3v) is 7.24. The SMILES string of the molecule is CC(C)(C)OC(=O)C(CNC(=O)c1ccc(C=CCN=C(NCB=O)NCB=O)s1)NS(=O)(=O)c1ccccc1. The quantitative estimate of drug-likeness (QED) is 0.108. The summed E-state index contributed by atoms with van der Waals surface area (Å²) in [6, 6.07) is 9.53. The number of hydrogen-bond donors (Lipinski definition) is 4. The number of amides is 1. The number of nitrogens with zero attached hydrogens (tertiary/aromatic N) is 1. The fourth-order valence-electron chi connectivity index (χ4n) is 3.01. The molecule has 1 aromatic heterocycles. The van der Waals surface area contributed by atoms with Crippen molar-refractivity contribution >= 4 is 59.6 Å². The zero-order chi connectivity index (χ0) is 29.6. The fraction of sp³-hybridized carbons (Fsp3) is 0.375. The normalized spacial score (nSPS) is 12.1. The average Bonchev–Trinajstić information content (AvgIpc) is 3.38. The van der Waals surface area contributed by atoms with E-state index in [2.05, 4.69) is 25.7 Å². The van der Waals surface area contributed by atoms with Gasteiger partial charge >= 0.3 is 132 Å². The number of carbonyl (C=O) groups excluding carboxylic acids is 2. The molecule has 0 spiro atoms. The number of thiophene rings is 1. The second kappa shape index (κ2) is 15.9. The monoisotopic (exact) mass is 587 g/mol. The molecule has 1 atom stereocenters. The van der Waals surface area contributed by atoms with E-state index in [-0.39, 0.29) is 30.9 Å². The van der Waals surface area contributed by atoms with Gasteiger partial charge in [0, 0.05) is 6.54 Å². The predicted octanol–water partition coefficient (Wildman–Crippen LogP) is 0.730. The third kappa shape index (κ3) is 11.7. The molecule has 1 amide bonds. The second-order valence-electron chi connectivity index (χ2n) is 9.12. The van der Waals surface area contributed by atoms with Crippen LogP contribution in [-0.4, -0.2) is 78.2 Å². The van der Waals surface area contributed by atoms with Crippen LogP contribution in [-0.2, 0) is 29.0 Å². The van der Waals surface area contributed by atoms with Gasteiger partial charge in [-0.15, -0.1) is 0 Å². The molecule has 1 unspecified atom stereocenters. The maximum atomic E-state index is 12.8. The summed E-state index contributed by atoms with van der Waals surface area (Å²) in [6.45, 7) is 4.88. The summed E-state index contributed by atoms with van der Waals surface area (Å²) in [7, 11) is -2.73. The Balaban J connectivity index is 2.05. The number of sulfonamides is 1. The third-order valence-electron chi connectivity index (χ3n) is 4.70. The van der Waals surface area contributed by atoms with Gasteiger partial charge in [-0.05, 0) is 32.9 Å². The Kier molecular flexibility index (Phi) is 13.0. The first-order valence-corrected chi connectivity index (χ1v) is 14.5. The molecule has 0 saturated carbocycles. The van der Waals surface area contributed by atoms with Crippen molar-refractivity contribution < 1.29 is 32.2 Å². The number of esters is 1. The van der Waals surface area contributed by atoms with Crippen molar-refractivity contribution in [2.24, 2.45) is 4.99 Å². The molecule has 12 nitrogen and oxygen atoms in total. The molecule has 212 valence electrons. The molecule has 1 heterocycles. The van der Waals surface area contributed by atoms with E-state index in [0.717, 1.165) is 4.88 Å². The Morgan fingerprint density at radius 1 is 1.02 bits per heavy atom. The van der Waals surface area contributed by atoms with Gasteiger partial charge in [0.25, 0.3) is 0 Å². The van der Waals surface area contributed by atoms with E-state index in [1.54, 1.807) is 63.3 Å². The number of aliphatic imine (C=N–C) groups is 1. The van der Waals surface area contributed by atoms with Gasteiger partial charge in [-0.1, -0.05) is 18.2 Å². The van der Waals surface area contributed by atoms with Gasteiger partial charge < -0.3 is 4.74 Å². The van der Waals surface area contributed by atoms with E-state index in [0.29, 0.717) is 25.1 Å². The molecule has 2 rings (SSSR count). The molecule has 2 aromatic rings. The number of carbonyl (C=O) groups is 2. The van der Waals surface area contributed by atoms with Gasteiger partial charge in [0.05, 0.1) is 4.90 Å². The Bertz CT molecular complexity index is 1310. The molecule has 0 saturated heterocycles. The maximum absolute atomic E-state index is 12.8. The van der Waals surface area contributed by atoms with Crippen LogP contribution < -0.4 is 20.7 Å². The minimum absolute atomic E-state index is 0.0277.